The first-order valence-electron chi connectivity index (χ1n) is 9.51. The molecule has 2 aliphatic rings. The van der Waals surface area contributed by atoms with Crippen molar-refractivity contribution in [1.29, 1.82) is 0 Å². The second-order valence-electron chi connectivity index (χ2n) is 7.48. The topological polar surface area (TPSA) is 63.2 Å². The monoisotopic (exact) mass is 457 g/mol. The molecule has 0 spiro atoms. The second kappa shape index (κ2) is 10.5. The van der Waals surface area contributed by atoms with Gasteiger partial charge in [0.25, 0.3) is 0 Å². The Hall–Kier alpha value is -1.53. The maximum Gasteiger partial charge on any atom is 0.232 e. The van der Waals surface area contributed by atoms with Crippen LogP contribution in [0.2, 0.25) is 5.02 Å². The van der Waals surface area contributed by atoms with E-state index in [1.165, 1.54) is 6.42 Å². The smallest absolute Gasteiger partial charge is 0.232 e. The summed E-state index contributed by atoms with van der Waals surface area (Å²) < 4.78 is 5.77. The van der Waals surface area contributed by atoms with E-state index in [0.29, 0.717) is 29.0 Å². The first-order chi connectivity index (χ1) is 13.2. The van der Waals surface area contributed by atoms with E-state index in [0.717, 1.165) is 37.9 Å². The van der Waals surface area contributed by atoms with Crippen molar-refractivity contribution in [2.45, 2.75) is 32.3 Å². The van der Waals surface area contributed by atoms with Crippen molar-refractivity contribution in [2.24, 2.45) is 11.3 Å². The summed E-state index contributed by atoms with van der Waals surface area (Å²) in [6.07, 6.45) is 7.91. The number of anilines is 1. The highest BCUT2D eigenvalue weighted by molar-refractivity contribution is 6.32. The Morgan fingerprint density at radius 1 is 1.31 bits per heavy atom. The number of carbonyl (C=O) groups is 1. The van der Waals surface area contributed by atoms with Crippen molar-refractivity contribution >= 4 is 48.0 Å². The van der Waals surface area contributed by atoms with Gasteiger partial charge in [0.05, 0.1) is 10.4 Å². The number of amides is 1. The van der Waals surface area contributed by atoms with E-state index < -0.39 is 0 Å². The highest BCUT2D eigenvalue weighted by Gasteiger charge is 2.49. The van der Waals surface area contributed by atoms with Crippen LogP contribution in [0, 0.1) is 11.3 Å². The number of carbonyl (C=O) groups excluding carboxylic acids is 1. The number of hydrogen-bond acceptors (Lipinski definition) is 4. The van der Waals surface area contributed by atoms with Gasteiger partial charge in [-0.05, 0) is 49.6 Å². The number of benzene rings is 1. The molecule has 0 unspecified atom stereocenters. The summed E-state index contributed by atoms with van der Waals surface area (Å²) in [6.45, 7) is 2.11. The lowest BCUT2D eigenvalue weighted by atomic mass is 9.67. The zero-order valence-corrected chi connectivity index (χ0v) is 18.4. The number of aromatic nitrogens is 1. The Morgan fingerprint density at radius 2 is 2.17 bits per heavy atom. The molecule has 2 N–H and O–H groups in total. The number of pyridine rings is 1. The molecular weight excluding hydrogens is 433 g/mol. The van der Waals surface area contributed by atoms with Gasteiger partial charge >= 0.3 is 0 Å². The van der Waals surface area contributed by atoms with E-state index in [1.807, 2.05) is 18.2 Å². The maximum atomic E-state index is 13.0. The average Bonchev–Trinajstić information content (AvgIpc) is 3.13. The van der Waals surface area contributed by atoms with Crippen molar-refractivity contribution in [3.63, 3.8) is 0 Å². The number of rotatable bonds is 5. The molecule has 158 valence electrons. The van der Waals surface area contributed by atoms with Gasteiger partial charge in [-0.25, -0.2) is 0 Å². The minimum Gasteiger partial charge on any atom is -0.487 e. The zero-order valence-electron chi connectivity index (χ0n) is 16.0. The van der Waals surface area contributed by atoms with Crippen LogP contribution in [-0.4, -0.2) is 24.0 Å². The lowest BCUT2D eigenvalue weighted by Gasteiger charge is -2.37. The molecule has 1 aliphatic heterocycles. The first-order valence-corrected chi connectivity index (χ1v) is 9.89. The van der Waals surface area contributed by atoms with Crippen molar-refractivity contribution in [2.75, 3.05) is 18.4 Å². The molecule has 2 atom stereocenters. The molecule has 0 bridgehead atoms. The third-order valence-electron chi connectivity index (χ3n) is 5.80. The highest BCUT2D eigenvalue weighted by atomic mass is 35.5. The molecule has 1 amide bonds. The Balaban J connectivity index is 0.00000150. The van der Waals surface area contributed by atoms with Gasteiger partial charge in [-0.1, -0.05) is 30.5 Å². The Labute approximate surface area is 188 Å². The third-order valence-corrected chi connectivity index (χ3v) is 6.09. The molecule has 1 aliphatic carbocycles. The van der Waals surface area contributed by atoms with Gasteiger partial charge in [0.1, 0.15) is 12.4 Å². The molecular formula is C21H26Cl3N3O2. The van der Waals surface area contributed by atoms with Crippen LogP contribution in [-0.2, 0) is 11.4 Å². The molecule has 2 aromatic rings. The third kappa shape index (κ3) is 5.15. The van der Waals surface area contributed by atoms with Crippen LogP contribution < -0.4 is 15.4 Å². The van der Waals surface area contributed by atoms with Gasteiger partial charge in [-0.3, -0.25) is 9.78 Å². The molecule has 29 heavy (non-hydrogen) atoms. The molecule has 1 aromatic heterocycles. The van der Waals surface area contributed by atoms with Crippen LogP contribution in [0.5, 0.6) is 5.75 Å². The summed E-state index contributed by atoms with van der Waals surface area (Å²) in [7, 11) is 0. The van der Waals surface area contributed by atoms with Gasteiger partial charge in [-0.2, -0.15) is 0 Å². The van der Waals surface area contributed by atoms with Crippen LogP contribution in [0.4, 0.5) is 5.69 Å². The maximum absolute atomic E-state index is 13.0. The summed E-state index contributed by atoms with van der Waals surface area (Å²) in [4.78, 5) is 17.1. The van der Waals surface area contributed by atoms with Gasteiger partial charge < -0.3 is 15.4 Å². The molecule has 5 nitrogen and oxygen atoms in total. The molecule has 1 saturated carbocycles. The number of nitrogens with one attached hydrogen (secondary N) is 2. The molecule has 2 fully saturated rings. The van der Waals surface area contributed by atoms with E-state index in [9.17, 15) is 4.79 Å². The molecule has 4 rings (SSSR count). The number of ether oxygens (including phenoxy) is 1. The minimum atomic E-state index is -0.278. The van der Waals surface area contributed by atoms with Crippen molar-refractivity contribution in [3.05, 3.63) is 53.3 Å². The number of nitrogens with zero attached hydrogens (tertiary/aromatic N) is 1. The summed E-state index contributed by atoms with van der Waals surface area (Å²) in [5.74, 6) is 1.14. The second-order valence-corrected chi connectivity index (χ2v) is 7.89. The van der Waals surface area contributed by atoms with E-state index in [4.69, 9.17) is 16.3 Å². The zero-order chi connectivity index (χ0) is 18.7. The predicted octanol–water partition coefficient (Wildman–Crippen LogP) is 4.88. The summed E-state index contributed by atoms with van der Waals surface area (Å²) >= 11 is 6.37. The van der Waals surface area contributed by atoms with Crippen LogP contribution >= 0.6 is 36.4 Å². The van der Waals surface area contributed by atoms with Gasteiger partial charge in [-0.15, -0.1) is 24.8 Å². The predicted molar refractivity (Wildman–Crippen MR) is 120 cm³/mol. The van der Waals surface area contributed by atoms with E-state index in [1.54, 1.807) is 24.5 Å². The summed E-state index contributed by atoms with van der Waals surface area (Å²) in [6, 6.07) is 9.23. The lowest BCUT2D eigenvalue weighted by Crippen LogP contribution is -2.44. The van der Waals surface area contributed by atoms with Gasteiger partial charge in [0.15, 0.2) is 0 Å². The van der Waals surface area contributed by atoms with Gasteiger partial charge in [0.2, 0.25) is 5.91 Å². The molecule has 1 aromatic carbocycles. The number of hydrogen-bond donors (Lipinski definition) is 2. The lowest BCUT2D eigenvalue weighted by molar-refractivity contribution is -0.128. The van der Waals surface area contributed by atoms with Crippen molar-refractivity contribution in [1.82, 2.24) is 10.3 Å². The number of halogens is 3. The fraction of sp³-hybridized carbons (Fsp3) is 0.429. The van der Waals surface area contributed by atoms with E-state index >= 15 is 0 Å². The van der Waals surface area contributed by atoms with Crippen molar-refractivity contribution < 1.29 is 9.53 Å². The molecule has 8 heteroatoms. The molecule has 2 heterocycles. The van der Waals surface area contributed by atoms with Crippen LogP contribution in [0.25, 0.3) is 0 Å². The Morgan fingerprint density at radius 3 is 2.93 bits per heavy atom. The quantitative estimate of drug-likeness (QED) is 0.670. The Kier molecular flexibility index (Phi) is 8.58. The molecule has 0 radical (unpaired) electrons. The average molecular weight is 459 g/mol. The fourth-order valence-electron chi connectivity index (χ4n) is 4.29. The van der Waals surface area contributed by atoms with Crippen LogP contribution in [0.3, 0.4) is 0 Å². The number of fused-ring (bicyclic) bond motifs is 1. The minimum absolute atomic E-state index is 0. The van der Waals surface area contributed by atoms with Gasteiger partial charge in [0, 0.05) is 30.2 Å². The van der Waals surface area contributed by atoms with E-state index in [-0.39, 0.29) is 36.1 Å². The fourth-order valence-corrected chi connectivity index (χ4v) is 4.52. The van der Waals surface area contributed by atoms with Crippen LogP contribution in [0.15, 0.2) is 42.7 Å². The van der Waals surface area contributed by atoms with Crippen LogP contribution in [0.1, 0.15) is 31.2 Å². The Bertz CT molecular complexity index is 822. The van der Waals surface area contributed by atoms with Crippen molar-refractivity contribution in [3.8, 4) is 5.75 Å². The van der Waals surface area contributed by atoms with E-state index in [2.05, 4.69) is 15.6 Å². The largest absolute Gasteiger partial charge is 0.487 e. The summed E-state index contributed by atoms with van der Waals surface area (Å²) in [5, 5.41) is 6.98. The highest BCUT2D eigenvalue weighted by Crippen LogP contribution is 2.44. The molecule has 1 saturated heterocycles. The summed E-state index contributed by atoms with van der Waals surface area (Å²) in [5.41, 5.74) is 1.41. The standard InChI is InChI=1S/C21H24ClN3O2.2ClH/c22-18-10-17(6-7-19(18)27-13-15-4-3-9-23-11-15)25-20(26)21-8-2-1-5-16(21)12-24-14-21;;/h3-4,6-7,9-11,16,24H,1-2,5,8,12-14H2,(H,25,26);2*1H/t16-,21+;;/m0../s1. The SMILES string of the molecule is Cl.Cl.O=C(Nc1ccc(OCc2cccnc2)c(Cl)c1)[C@@]12CCCC[C@H]1CNC2. The first kappa shape index (κ1) is 23.7. The normalized spacial score (nSPS) is 22.6.